The Labute approximate surface area is 163 Å². The highest BCUT2D eigenvalue weighted by Gasteiger charge is 2.28. The Morgan fingerprint density at radius 2 is 2.19 bits per heavy atom. The lowest BCUT2D eigenvalue weighted by Crippen LogP contribution is -2.43. The molecule has 1 N–H and O–H groups in total. The second-order valence-corrected chi connectivity index (χ2v) is 6.31. The third kappa shape index (κ3) is 5.72. The van der Waals surface area contributed by atoms with Crippen molar-refractivity contribution in [2.24, 2.45) is 0 Å². The van der Waals surface area contributed by atoms with E-state index in [1.165, 1.54) is 12.1 Å². The third-order valence-electron chi connectivity index (χ3n) is 4.43. The van der Waals surface area contributed by atoms with Crippen LogP contribution in [-0.2, 0) is 9.53 Å². The second kappa shape index (κ2) is 10.3. The number of carbonyl (C=O) groups excluding carboxylic acids is 1. The number of hydrogen-bond acceptors (Lipinski definition) is 6. The van der Waals surface area contributed by atoms with Gasteiger partial charge in [0.2, 0.25) is 17.6 Å². The molecule has 0 radical (unpaired) electrons. The molecule has 1 amide bonds. The van der Waals surface area contributed by atoms with E-state index < -0.39 is 0 Å². The lowest BCUT2D eigenvalue weighted by molar-refractivity contribution is -0.131. The number of benzene rings is 1. The number of rotatable bonds is 7. The zero-order chi connectivity index (χ0) is 18.4. The first-order valence-corrected chi connectivity index (χ1v) is 8.74. The minimum absolute atomic E-state index is 0. The van der Waals surface area contributed by atoms with E-state index in [4.69, 9.17) is 9.26 Å². The Hall–Kier alpha value is -2.03. The summed E-state index contributed by atoms with van der Waals surface area (Å²) in [6.45, 7) is 2.81. The van der Waals surface area contributed by atoms with Gasteiger partial charge in [-0.1, -0.05) is 5.16 Å². The molecule has 2 heterocycles. The molecule has 2 aromatic rings. The smallest absolute Gasteiger partial charge is 0.236 e. The van der Waals surface area contributed by atoms with E-state index in [0.717, 1.165) is 19.4 Å². The zero-order valence-electron chi connectivity index (χ0n) is 15.2. The van der Waals surface area contributed by atoms with Gasteiger partial charge in [0.15, 0.2) is 0 Å². The van der Waals surface area contributed by atoms with E-state index in [1.807, 2.05) is 4.90 Å². The summed E-state index contributed by atoms with van der Waals surface area (Å²) < 4.78 is 23.4. The number of hydrogen-bond donors (Lipinski definition) is 1. The standard InChI is InChI=1S/C18H23FN4O3.ClH/c1-25-10-8-20-11-16(24)23-9-2-3-14(12-23)18-21-17(22-26-18)13-4-6-15(19)7-5-13;/h4-7,14,20H,2-3,8-12H2,1H3;1H. The van der Waals surface area contributed by atoms with Crippen molar-refractivity contribution in [3.8, 4) is 11.4 Å². The Morgan fingerprint density at radius 1 is 1.41 bits per heavy atom. The van der Waals surface area contributed by atoms with Gasteiger partial charge in [-0.15, -0.1) is 12.4 Å². The second-order valence-electron chi connectivity index (χ2n) is 6.31. The third-order valence-corrected chi connectivity index (χ3v) is 4.43. The minimum Gasteiger partial charge on any atom is -0.383 e. The Balaban J connectivity index is 0.00000261. The number of nitrogens with one attached hydrogen (secondary N) is 1. The van der Waals surface area contributed by atoms with Gasteiger partial charge in [0.05, 0.1) is 19.1 Å². The van der Waals surface area contributed by atoms with Crippen LogP contribution in [-0.4, -0.2) is 60.8 Å². The fraction of sp³-hybridized carbons (Fsp3) is 0.500. The number of aromatic nitrogens is 2. The molecule has 7 nitrogen and oxygen atoms in total. The molecule has 1 atom stereocenters. The van der Waals surface area contributed by atoms with Crippen LogP contribution in [0.15, 0.2) is 28.8 Å². The van der Waals surface area contributed by atoms with Crippen LogP contribution in [0.4, 0.5) is 4.39 Å². The summed E-state index contributed by atoms with van der Waals surface area (Å²) >= 11 is 0. The van der Waals surface area contributed by atoms with Gasteiger partial charge in [-0.3, -0.25) is 4.79 Å². The Kier molecular flexibility index (Phi) is 8.15. The summed E-state index contributed by atoms with van der Waals surface area (Å²) in [5, 5.41) is 7.06. The number of piperidine rings is 1. The van der Waals surface area contributed by atoms with Crippen LogP contribution in [0.3, 0.4) is 0 Å². The first-order valence-electron chi connectivity index (χ1n) is 8.74. The number of nitrogens with zero attached hydrogens (tertiary/aromatic N) is 3. The van der Waals surface area contributed by atoms with Crippen molar-refractivity contribution in [1.29, 1.82) is 0 Å². The molecule has 3 rings (SSSR count). The SMILES string of the molecule is COCCNCC(=O)N1CCCC(c2nc(-c3ccc(F)cc3)no2)C1.Cl. The molecule has 1 fully saturated rings. The molecule has 1 aliphatic rings. The maximum absolute atomic E-state index is 13.0. The van der Waals surface area contributed by atoms with Gasteiger partial charge in [0.25, 0.3) is 0 Å². The number of methoxy groups -OCH3 is 1. The minimum atomic E-state index is -0.307. The average molecular weight is 399 g/mol. The van der Waals surface area contributed by atoms with Crippen molar-refractivity contribution in [1.82, 2.24) is 20.4 Å². The molecule has 1 aromatic carbocycles. The highest BCUT2D eigenvalue weighted by molar-refractivity contribution is 5.85. The largest absolute Gasteiger partial charge is 0.383 e. The monoisotopic (exact) mass is 398 g/mol. The van der Waals surface area contributed by atoms with Crippen LogP contribution < -0.4 is 5.32 Å². The molecule has 1 unspecified atom stereocenters. The van der Waals surface area contributed by atoms with Gasteiger partial charge in [0.1, 0.15) is 5.82 Å². The van der Waals surface area contributed by atoms with Crippen LogP contribution in [0.5, 0.6) is 0 Å². The van der Waals surface area contributed by atoms with E-state index in [-0.39, 0.29) is 30.0 Å². The molecule has 0 aliphatic carbocycles. The van der Waals surface area contributed by atoms with E-state index in [0.29, 0.717) is 43.5 Å². The molecule has 9 heteroatoms. The number of carbonyl (C=O) groups is 1. The van der Waals surface area contributed by atoms with Crippen LogP contribution in [0.25, 0.3) is 11.4 Å². The molecular formula is C18H24ClFN4O3. The highest BCUT2D eigenvalue weighted by atomic mass is 35.5. The van der Waals surface area contributed by atoms with Crippen molar-refractivity contribution < 1.29 is 18.4 Å². The topological polar surface area (TPSA) is 80.5 Å². The first-order chi connectivity index (χ1) is 12.7. The zero-order valence-corrected chi connectivity index (χ0v) is 16.0. The summed E-state index contributed by atoms with van der Waals surface area (Å²) in [5.74, 6) is 0.731. The molecule has 1 aliphatic heterocycles. The van der Waals surface area contributed by atoms with Crippen LogP contribution >= 0.6 is 12.4 Å². The van der Waals surface area contributed by atoms with E-state index in [2.05, 4.69) is 15.5 Å². The fourth-order valence-electron chi connectivity index (χ4n) is 3.00. The number of ether oxygens (including phenoxy) is 1. The van der Waals surface area contributed by atoms with Crippen LogP contribution in [0, 0.1) is 5.82 Å². The average Bonchev–Trinajstić information content (AvgIpc) is 3.16. The molecule has 1 saturated heterocycles. The van der Waals surface area contributed by atoms with Gasteiger partial charge >= 0.3 is 0 Å². The lowest BCUT2D eigenvalue weighted by Gasteiger charge is -2.31. The maximum Gasteiger partial charge on any atom is 0.236 e. The van der Waals surface area contributed by atoms with E-state index >= 15 is 0 Å². The molecule has 1 aromatic heterocycles. The number of likely N-dealkylation sites (tertiary alicyclic amines) is 1. The fourth-order valence-corrected chi connectivity index (χ4v) is 3.00. The summed E-state index contributed by atoms with van der Waals surface area (Å²) in [6, 6.07) is 5.96. The van der Waals surface area contributed by atoms with Crippen molar-refractivity contribution >= 4 is 18.3 Å². The quantitative estimate of drug-likeness (QED) is 0.720. The highest BCUT2D eigenvalue weighted by Crippen LogP contribution is 2.27. The summed E-state index contributed by atoms with van der Waals surface area (Å²) in [7, 11) is 1.63. The predicted molar refractivity (Wildman–Crippen MR) is 100 cm³/mol. The number of amides is 1. The molecule has 0 saturated carbocycles. The normalized spacial score (nSPS) is 16.8. The summed E-state index contributed by atoms with van der Waals surface area (Å²) in [5.41, 5.74) is 0.701. The Morgan fingerprint density at radius 3 is 2.93 bits per heavy atom. The first kappa shape index (κ1) is 21.3. The van der Waals surface area contributed by atoms with E-state index in [9.17, 15) is 9.18 Å². The van der Waals surface area contributed by atoms with Crippen LogP contribution in [0.2, 0.25) is 0 Å². The summed E-state index contributed by atoms with van der Waals surface area (Å²) in [6.07, 6.45) is 1.79. The van der Waals surface area contributed by atoms with Crippen molar-refractivity contribution in [3.63, 3.8) is 0 Å². The molecule has 27 heavy (non-hydrogen) atoms. The maximum atomic E-state index is 13.0. The van der Waals surface area contributed by atoms with Crippen molar-refractivity contribution in [3.05, 3.63) is 36.0 Å². The predicted octanol–water partition coefficient (Wildman–Crippen LogP) is 2.24. The number of halogens is 2. The van der Waals surface area contributed by atoms with Gasteiger partial charge < -0.3 is 19.5 Å². The molecule has 148 valence electrons. The Bertz CT molecular complexity index is 726. The van der Waals surface area contributed by atoms with Crippen molar-refractivity contribution in [2.75, 3.05) is 39.9 Å². The molecule has 0 spiro atoms. The van der Waals surface area contributed by atoms with Gasteiger partial charge in [-0.2, -0.15) is 4.98 Å². The van der Waals surface area contributed by atoms with Gasteiger partial charge in [0, 0.05) is 32.3 Å². The van der Waals surface area contributed by atoms with Gasteiger partial charge in [-0.05, 0) is 37.1 Å². The molecule has 0 bridgehead atoms. The van der Waals surface area contributed by atoms with Gasteiger partial charge in [-0.25, -0.2) is 4.39 Å². The molecular weight excluding hydrogens is 375 g/mol. The van der Waals surface area contributed by atoms with Crippen LogP contribution in [0.1, 0.15) is 24.7 Å². The summed E-state index contributed by atoms with van der Waals surface area (Å²) in [4.78, 5) is 18.6. The lowest BCUT2D eigenvalue weighted by atomic mass is 9.98. The van der Waals surface area contributed by atoms with E-state index in [1.54, 1.807) is 19.2 Å². The van der Waals surface area contributed by atoms with Crippen molar-refractivity contribution in [2.45, 2.75) is 18.8 Å².